The Labute approximate surface area is 174 Å². The Morgan fingerprint density at radius 3 is 2.71 bits per heavy atom. The van der Waals surface area contributed by atoms with Crippen LogP contribution in [0.3, 0.4) is 0 Å². The van der Waals surface area contributed by atoms with Crippen LogP contribution in [0.25, 0.3) is 16.6 Å². The molecular formula is C23H22ClN3S. The minimum atomic E-state index is 0.604. The highest BCUT2D eigenvalue weighted by Crippen LogP contribution is 2.50. The van der Waals surface area contributed by atoms with Crippen molar-refractivity contribution in [3.63, 3.8) is 0 Å². The summed E-state index contributed by atoms with van der Waals surface area (Å²) in [6.45, 7) is 3.11. The Kier molecular flexibility index (Phi) is 4.69. The van der Waals surface area contributed by atoms with E-state index in [0.717, 1.165) is 23.7 Å². The summed E-state index contributed by atoms with van der Waals surface area (Å²) >= 11 is 8.27. The summed E-state index contributed by atoms with van der Waals surface area (Å²) in [6, 6.07) is 16.9. The molecule has 2 heterocycles. The molecule has 1 aliphatic carbocycles. The van der Waals surface area contributed by atoms with E-state index < -0.39 is 0 Å². The second-order valence-electron chi connectivity index (χ2n) is 7.36. The number of hydrogen-bond donors (Lipinski definition) is 0. The van der Waals surface area contributed by atoms with Crippen molar-refractivity contribution in [1.29, 1.82) is 0 Å². The average molecular weight is 408 g/mol. The van der Waals surface area contributed by atoms with Gasteiger partial charge in [0.2, 0.25) is 0 Å². The van der Waals surface area contributed by atoms with Gasteiger partial charge in [-0.3, -0.25) is 4.68 Å². The van der Waals surface area contributed by atoms with Crippen LogP contribution in [0, 0.1) is 0 Å². The fourth-order valence-corrected chi connectivity index (χ4v) is 5.13. The average Bonchev–Trinajstić information content (AvgIpc) is 3.36. The third kappa shape index (κ3) is 3.25. The van der Waals surface area contributed by atoms with E-state index in [1.54, 1.807) is 0 Å². The second-order valence-corrected chi connectivity index (χ2v) is 8.88. The van der Waals surface area contributed by atoms with Gasteiger partial charge in [-0.25, -0.2) is 0 Å². The van der Waals surface area contributed by atoms with Gasteiger partial charge in [0.15, 0.2) is 0 Å². The van der Waals surface area contributed by atoms with Gasteiger partial charge in [-0.1, -0.05) is 54.6 Å². The number of rotatable bonds is 6. The standard InChI is InChI=1S/C23H22ClN3S/c1-2-12-26-15-18(14-25-26)27-21-13-17(24)10-11-20(21)23(22(27)16-8-9-16)28-19-6-4-3-5-7-19/h3-7,10-11,13-16H,2,8-9,12H2,1H3. The third-order valence-electron chi connectivity index (χ3n) is 5.18. The van der Waals surface area contributed by atoms with Gasteiger partial charge in [0, 0.05) is 44.6 Å². The monoisotopic (exact) mass is 407 g/mol. The zero-order valence-corrected chi connectivity index (χ0v) is 17.4. The minimum absolute atomic E-state index is 0.604. The summed E-state index contributed by atoms with van der Waals surface area (Å²) in [5, 5.41) is 6.62. The van der Waals surface area contributed by atoms with E-state index in [9.17, 15) is 0 Å². The topological polar surface area (TPSA) is 22.8 Å². The van der Waals surface area contributed by atoms with Crippen molar-refractivity contribution in [2.45, 2.75) is 48.4 Å². The lowest BCUT2D eigenvalue weighted by Crippen LogP contribution is -1.99. The highest BCUT2D eigenvalue weighted by atomic mass is 35.5. The number of fused-ring (bicyclic) bond motifs is 1. The molecule has 28 heavy (non-hydrogen) atoms. The Balaban J connectivity index is 1.73. The van der Waals surface area contributed by atoms with Gasteiger partial charge in [-0.05, 0) is 43.5 Å². The van der Waals surface area contributed by atoms with Crippen LogP contribution in [0.4, 0.5) is 0 Å². The number of halogens is 1. The molecule has 0 atom stereocenters. The maximum absolute atomic E-state index is 6.41. The van der Waals surface area contributed by atoms with Crippen molar-refractivity contribution < 1.29 is 0 Å². The Bertz CT molecular complexity index is 1130. The molecule has 1 saturated carbocycles. The molecule has 3 nitrogen and oxygen atoms in total. The predicted molar refractivity (Wildman–Crippen MR) is 117 cm³/mol. The van der Waals surface area contributed by atoms with Crippen LogP contribution < -0.4 is 0 Å². The molecule has 0 radical (unpaired) electrons. The maximum atomic E-state index is 6.41. The first kappa shape index (κ1) is 17.9. The molecule has 0 amide bonds. The van der Waals surface area contributed by atoms with Gasteiger partial charge in [0.05, 0.1) is 17.4 Å². The fourth-order valence-electron chi connectivity index (χ4n) is 3.79. The molecule has 0 bridgehead atoms. The summed E-state index contributed by atoms with van der Waals surface area (Å²) < 4.78 is 4.43. The van der Waals surface area contributed by atoms with E-state index in [-0.39, 0.29) is 0 Å². The van der Waals surface area contributed by atoms with E-state index >= 15 is 0 Å². The molecule has 0 N–H and O–H groups in total. The molecule has 0 saturated heterocycles. The van der Waals surface area contributed by atoms with E-state index in [1.807, 2.05) is 28.7 Å². The van der Waals surface area contributed by atoms with Crippen molar-refractivity contribution in [3.8, 4) is 5.69 Å². The lowest BCUT2D eigenvalue weighted by molar-refractivity contribution is 0.602. The largest absolute Gasteiger partial charge is 0.309 e. The van der Waals surface area contributed by atoms with Crippen molar-refractivity contribution in [2.24, 2.45) is 0 Å². The number of aryl methyl sites for hydroxylation is 1. The van der Waals surface area contributed by atoms with Crippen LogP contribution >= 0.6 is 23.4 Å². The number of hydrogen-bond acceptors (Lipinski definition) is 2. The van der Waals surface area contributed by atoms with Gasteiger partial charge in [-0.15, -0.1) is 0 Å². The molecule has 1 fully saturated rings. The van der Waals surface area contributed by atoms with Crippen molar-refractivity contribution in [1.82, 2.24) is 14.3 Å². The summed E-state index contributed by atoms with van der Waals surface area (Å²) in [5.74, 6) is 0.604. The highest BCUT2D eigenvalue weighted by Gasteiger charge is 2.33. The summed E-state index contributed by atoms with van der Waals surface area (Å²) in [5.41, 5.74) is 3.70. The van der Waals surface area contributed by atoms with Crippen LogP contribution in [0.1, 0.15) is 37.8 Å². The van der Waals surface area contributed by atoms with Crippen LogP contribution in [0.5, 0.6) is 0 Å². The summed E-state index contributed by atoms with van der Waals surface area (Å²) in [4.78, 5) is 2.61. The van der Waals surface area contributed by atoms with Crippen molar-refractivity contribution in [3.05, 3.63) is 71.6 Å². The molecule has 5 rings (SSSR count). The molecule has 0 spiro atoms. The molecule has 0 unspecified atom stereocenters. The number of aromatic nitrogens is 3. The first-order valence-electron chi connectivity index (χ1n) is 9.84. The lowest BCUT2D eigenvalue weighted by Gasteiger charge is -2.10. The molecule has 0 aliphatic heterocycles. The smallest absolute Gasteiger partial charge is 0.0841 e. The Hall–Kier alpha value is -2.17. The van der Waals surface area contributed by atoms with Crippen LogP contribution in [0.2, 0.25) is 5.02 Å². The van der Waals surface area contributed by atoms with E-state index in [4.69, 9.17) is 11.6 Å². The van der Waals surface area contributed by atoms with E-state index in [0.29, 0.717) is 5.92 Å². The van der Waals surface area contributed by atoms with Crippen LogP contribution in [-0.4, -0.2) is 14.3 Å². The van der Waals surface area contributed by atoms with Crippen molar-refractivity contribution in [2.75, 3.05) is 0 Å². The van der Waals surface area contributed by atoms with E-state index in [2.05, 4.69) is 65.3 Å². The second kappa shape index (κ2) is 7.34. The Morgan fingerprint density at radius 2 is 1.96 bits per heavy atom. The molecule has 2 aromatic carbocycles. The Morgan fingerprint density at radius 1 is 1.14 bits per heavy atom. The third-order valence-corrected chi connectivity index (χ3v) is 6.55. The number of nitrogens with zero attached hydrogens (tertiary/aromatic N) is 3. The van der Waals surface area contributed by atoms with Gasteiger partial charge < -0.3 is 4.57 Å². The van der Waals surface area contributed by atoms with Crippen LogP contribution in [-0.2, 0) is 6.54 Å². The molecule has 4 aromatic rings. The highest BCUT2D eigenvalue weighted by molar-refractivity contribution is 7.99. The first-order valence-corrected chi connectivity index (χ1v) is 11.0. The van der Waals surface area contributed by atoms with Crippen molar-refractivity contribution >= 4 is 34.3 Å². The molecule has 142 valence electrons. The van der Waals surface area contributed by atoms with Crippen LogP contribution in [0.15, 0.2) is 70.7 Å². The quantitative estimate of drug-likeness (QED) is 0.346. The summed E-state index contributed by atoms with van der Waals surface area (Å²) in [7, 11) is 0. The summed E-state index contributed by atoms with van der Waals surface area (Å²) in [6.07, 6.45) is 7.71. The van der Waals surface area contributed by atoms with Gasteiger partial charge in [0.1, 0.15) is 0 Å². The molecule has 1 aliphatic rings. The molecule has 5 heteroatoms. The lowest BCUT2D eigenvalue weighted by atomic mass is 10.2. The number of benzene rings is 2. The minimum Gasteiger partial charge on any atom is -0.309 e. The first-order chi connectivity index (χ1) is 13.7. The predicted octanol–water partition coefficient (Wildman–Crippen LogP) is 6.92. The molecular weight excluding hydrogens is 386 g/mol. The van der Waals surface area contributed by atoms with Gasteiger partial charge in [0.25, 0.3) is 0 Å². The maximum Gasteiger partial charge on any atom is 0.0841 e. The van der Waals surface area contributed by atoms with Gasteiger partial charge >= 0.3 is 0 Å². The van der Waals surface area contributed by atoms with E-state index in [1.165, 1.54) is 39.2 Å². The zero-order chi connectivity index (χ0) is 19.1. The molecule has 2 aromatic heterocycles. The fraction of sp³-hybridized carbons (Fsp3) is 0.261. The van der Waals surface area contributed by atoms with Gasteiger partial charge in [-0.2, -0.15) is 5.10 Å². The zero-order valence-electron chi connectivity index (χ0n) is 15.8. The normalized spacial score (nSPS) is 14.1. The SMILES string of the molecule is CCCn1cc(-n2c(C3CC3)c(Sc3ccccc3)c3ccc(Cl)cc32)cn1.